The summed E-state index contributed by atoms with van der Waals surface area (Å²) < 4.78 is 32.2. The van der Waals surface area contributed by atoms with Gasteiger partial charge in [-0.25, -0.2) is 4.79 Å². The molecule has 33 heavy (non-hydrogen) atoms. The summed E-state index contributed by atoms with van der Waals surface area (Å²) in [5.41, 5.74) is 7.46. The largest absolute Gasteiger partial charge is 0.542 e. The SMILES string of the molecule is C[N@+]1(CC(=O)O)CC[C@@H](N2CCN(c3ccc(C(=N)N)cc3)CC2)CC1.O=C([O-])C(F)(F)F. The van der Waals surface area contributed by atoms with Gasteiger partial charge in [0, 0.05) is 56.3 Å². The number of nitrogens with two attached hydrogens (primary N) is 1. The maximum Gasteiger partial charge on any atom is 0.430 e. The number of carbonyl (C=O) groups is 2. The van der Waals surface area contributed by atoms with Crippen LogP contribution in [0.5, 0.6) is 0 Å². The van der Waals surface area contributed by atoms with E-state index in [0.717, 1.165) is 57.7 Å². The van der Waals surface area contributed by atoms with Crippen LogP contribution in [0.25, 0.3) is 0 Å². The number of piperidine rings is 1. The van der Waals surface area contributed by atoms with Crippen molar-refractivity contribution in [2.75, 3.05) is 57.8 Å². The number of benzene rings is 1. The first-order valence-corrected chi connectivity index (χ1v) is 10.6. The summed E-state index contributed by atoms with van der Waals surface area (Å²) in [5.74, 6) is -3.60. The number of nitrogen functional groups attached to an aromatic ring is 1. The molecule has 0 spiro atoms. The van der Waals surface area contributed by atoms with Gasteiger partial charge in [0.25, 0.3) is 0 Å². The number of carbonyl (C=O) groups excluding carboxylic acids is 1. The van der Waals surface area contributed by atoms with Gasteiger partial charge < -0.3 is 30.1 Å². The molecule has 0 saturated carbocycles. The maximum absolute atomic E-state index is 11.0. The van der Waals surface area contributed by atoms with Gasteiger partial charge in [0.1, 0.15) is 11.8 Å². The Hall–Kier alpha value is -2.86. The van der Waals surface area contributed by atoms with E-state index in [9.17, 15) is 18.0 Å². The highest BCUT2D eigenvalue weighted by Gasteiger charge is 2.35. The molecule has 2 saturated heterocycles. The van der Waals surface area contributed by atoms with Gasteiger partial charge in [-0.15, -0.1) is 0 Å². The van der Waals surface area contributed by atoms with Crippen LogP contribution < -0.4 is 15.7 Å². The first-order chi connectivity index (χ1) is 15.3. The van der Waals surface area contributed by atoms with Crippen molar-refractivity contribution >= 4 is 23.5 Å². The number of halogens is 3. The van der Waals surface area contributed by atoms with Crippen LogP contribution in [0.15, 0.2) is 24.3 Å². The summed E-state index contributed by atoms with van der Waals surface area (Å²) in [6.45, 7) is 6.21. The molecule has 0 aliphatic carbocycles. The van der Waals surface area contributed by atoms with Gasteiger partial charge in [0.05, 0.1) is 20.1 Å². The zero-order valence-electron chi connectivity index (χ0n) is 18.5. The fourth-order valence-corrected chi connectivity index (χ4v) is 4.22. The molecule has 184 valence electrons. The average Bonchev–Trinajstić information content (AvgIpc) is 2.73. The number of carboxylic acid groups (broad SMARTS) is 2. The third-order valence-corrected chi connectivity index (χ3v) is 6.13. The average molecular weight is 473 g/mol. The second-order valence-corrected chi connectivity index (χ2v) is 8.62. The summed E-state index contributed by atoms with van der Waals surface area (Å²) in [7, 11) is 2.06. The number of piperazine rings is 1. The predicted molar refractivity (Wildman–Crippen MR) is 114 cm³/mol. The number of likely N-dealkylation sites (N-methyl/N-ethyl adjacent to an activating group) is 1. The van der Waals surface area contributed by atoms with Gasteiger partial charge in [-0.3, -0.25) is 10.3 Å². The van der Waals surface area contributed by atoms with E-state index in [2.05, 4.69) is 16.8 Å². The summed E-state index contributed by atoms with van der Waals surface area (Å²) in [4.78, 5) is 24.8. The molecular formula is C21H30F3N5O4. The number of nitrogens with zero attached hydrogens (tertiary/aromatic N) is 3. The lowest BCUT2D eigenvalue weighted by atomic mass is 10.00. The Labute approximate surface area is 190 Å². The van der Waals surface area contributed by atoms with Crippen LogP contribution in [0.2, 0.25) is 0 Å². The van der Waals surface area contributed by atoms with Crippen molar-refractivity contribution in [3.63, 3.8) is 0 Å². The van der Waals surface area contributed by atoms with E-state index in [0.29, 0.717) is 10.5 Å². The number of amidine groups is 1. The molecule has 2 aliphatic heterocycles. The van der Waals surface area contributed by atoms with E-state index in [4.69, 9.17) is 26.2 Å². The number of alkyl halides is 3. The lowest BCUT2D eigenvalue weighted by Gasteiger charge is -2.45. The molecule has 2 heterocycles. The first-order valence-electron chi connectivity index (χ1n) is 10.6. The highest BCUT2D eigenvalue weighted by atomic mass is 19.4. The van der Waals surface area contributed by atoms with Crippen LogP contribution in [0, 0.1) is 5.41 Å². The normalized spacial score (nSPS) is 23.9. The van der Waals surface area contributed by atoms with Crippen molar-refractivity contribution in [1.82, 2.24) is 4.90 Å². The van der Waals surface area contributed by atoms with Crippen LogP contribution in [-0.2, 0) is 9.59 Å². The van der Waals surface area contributed by atoms with Gasteiger partial charge in [-0.2, -0.15) is 13.2 Å². The van der Waals surface area contributed by atoms with Crippen molar-refractivity contribution < 1.29 is 37.5 Å². The van der Waals surface area contributed by atoms with Gasteiger partial charge >= 0.3 is 12.1 Å². The second kappa shape index (κ2) is 10.8. The molecule has 0 radical (unpaired) electrons. The van der Waals surface area contributed by atoms with Crippen molar-refractivity contribution in [2.45, 2.75) is 25.1 Å². The summed E-state index contributed by atoms with van der Waals surface area (Å²) in [6.07, 6.45) is -3.03. The number of quaternary nitrogens is 1. The number of aliphatic carboxylic acids is 2. The molecule has 1 aromatic carbocycles. The third-order valence-electron chi connectivity index (χ3n) is 6.13. The van der Waals surface area contributed by atoms with Crippen molar-refractivity contribution in [3.8, 4) is 0 Å². The van der Waals surface area contributed by atoms with Crippen molar-refractivity contribution in [1.29, 1.82) is 5.41 Å². The van der Waals surface area contributed by atoms with Gasteiger partial charge in [0.15, 0.2) is 6.54 Å². The monoisotopic (exact) mass is 473 g/mol. The highest BCUT2D eigenvalue weighted by molar-refractivity contribution is 5.95. The highest BCUT2D eigenvalue weighted by Crippen LogP contribution is 2.24. The van der Waals surface area contributed by atoms with E-state index in [-0.39, 0.29) is 12.4 Å². The van der Waals surface area contributed by atoms with E-state index < -0.39 is 18.1 Å². The molecular weight excluding hydrogens is 443 g/mol. The third kappa shape index (κ3) is 7.90. The molecule has 2 aliphatic rings. The number of nitrogens with one attached hydrogen (secondary N) is 1. The van der Waals surface area contributed by atoms with Crippen molar-refractivity contribution in [2.24, 2.45) is 5.73 Å². The maximum atomic E-state index is 11.0. The predicted octanol–water partition coefficient (Wildman–Crippen LogP) is 0.0849. The van der Waals surface area contributed by atoms with Crippen LogP contribution in [0.3, 0.4) is 0 Å². The topological polar surface area (TPSA) is 134 Å². The molecule has 0 bridgehead atoms. The van der Waals surface area contributed by atoms with Crippen LogP contribution in [0.4, 0.5) is 18.9 Å². The molecule has 0 atom stereocenters. The smallest absolute Gasteiger partial charge is 0.430 e. The number of hydrogen-bond donors (Lipinski definition) is 3. The Morgan fingerprint density at radius 3 is 2.03 bits per heavy atom. The minimum Gasteiger partial charge on any atom is -0.542 e. The van der Waals surface area contributed by atoms with Crippen molar-refractivity contribution in [3.05, 3.63) is 29.8 Å². The van der Waals surface area contributed by atoms with Gasteiger partial charge in [-0.1, -0.05) is 0 Å². The Kier molecular flexibility index (Phi) is 8.67. The van der Waals surface area contributed by atoms with Crippen LogP contribution in [0.1, 0.15) is 18.4 Å². The minimum atomic E-state index is -5.19. The van der Waals surface area contributed by atoms with Crippen LogP contribution in [-0.4, -0.2) is 97.3 Å². The fourth-order valence-electron chi connectivity index (χ4n) is 4.22. The number of anilines is 1. The lowest BCUT2D eigenvalue weighted by Crippen LogP contribution is -2.58. The summed E-state index contributed by atoms with van der Waals surface area (Å²) in [6, 6.07) is 8.49. The molecule has 12 heteroatoms. The molecule has 3 rings (SSSR count). The summed E-state index contributed by atoms with van der Waals surface area (Å²) in [5, 5.41) is 25.3. The zero-order chi connectivity index (χ0) is 24.8. The quantitative estimate of drug-likeness (QED) is 0.313. The lowest BCUT2D eigenvalue weighted by molar-refractivity contribution is -0.907. The Balaban J connectivity index is 0.000000479. The van der Waals surface area contributed by atoms with Gasteiger partial charge in [0.2, 0.25) is 0 Å². The van der Waals surface area contributed by atoms with E-state index in [1.807, 2.05) is 24.3 Å². The number of carboxylic acids is 2. The van der Waals surface area contributed by atoms with E-state index in [1.54, 1.807) is 0 Å². The second-order valence-electron chi connectivity index (χ2n) is 8.62. The number of hydrogen-bond acceptors (Lipinski definition) is 6. The molecule has 2 fully saturated rings. The van der Waals surface area contributed by atoms with Crippen LogP contribution >= 0.6 is 0 Å². The van der Waals surface area contributed by atoms with Gasteiger partial charge in [-0.05, 0) is 24.3 Å². The molecule has 0 amide bonds. The molecule has 1 aromatic rings. The fraction of sp³-hybridized carbons (Fsp3) is 0.571. The Bertz CT molecular complexity index is 831. The zero-order valence-corrected chi connectivity index (χ0v) is 18.5. The molecule has 4 N–H and O–H groups in total. The Morgan fingerprint density at radius 2 is 1.64 bits per heavy atom. The van der Waals surface area contributed by atoms with E-state index in [1.165, 1.54) is 5.69 Å². The first kappa shape index (κ1) is 26.4. The molecule has 0 unspecified atom stereocenters. The van der Waals surface area contributed by atoms with E-state index >= 15 is 0 Å². The molecule has 9 nitrogen and oxygen atoms in total. The Morgan fingerprint density at radius 1 is 1.15 bits per heavy atom. The summed E-state index contributed by atoms with van der Waals surface area (Å²) >= 11 is 0. The number of rotatable bonds is 5. The standard InChI is InChI=1S/C19H29N5O2.C2HF3O2/c1-24(14-18(25)26)12-6-17(7-13-24)23-10-8-22(9-11-23)16-4-2-15(3-5-16)19(20)21;3-2(4,5)1(6)7/h2-5,17H,6-14H2,1H3,(H3-,20,21,25,26);(H,6,7)/t17-,24+;. The number of likely N-dealkylation sites (tertiary alicyclic amines) is 1. The minimum absolute atomic E-state index is 0.104. The molecule has 0 aromatic heterocycles.